The summed E-state index contributed by atoms with van der Waals surface area (Å²) in [6, 6.07) is -1.54. The zero-order valence-electron chi connectivity index (χ0n) is 10.5. The summed E-state index contributed by atoms with van der Waals surface area (Å²) in [7, 11) is 0. The van der Waals surface area contributed by atoms with Gasteiger partial charge in [0.25, 0.3) is 0 Å². The Balaban J connectivity index is 3.81. The minimum Gasteiger partial charge on any atom is -0.480 e. The van der Waals surface area contributed by atoms with E-state index in [1.54, 1.807) is 6.92 Å². The predicted molar refractivity (Wildman–Crippen MR) is 64.0 cm³/mol. The number of aliphatic carboxylic acids is 1. The van der Waals surface area contributed by atoms with Gasteiger partial charge in [0.1, 0.15) is 12.6 Å². The molecule has 0 aliphatic rings. The van der Waals surface area contributed by atoms with E-state index in [2.05, 4.69) is 17.2 Å². The van der Waals surface area contributed by atoms with Crippen molar-refractivity contribution < 1.29 is 24.2 Å². The smallest absolute Gasteiger partial charge is 0.333 e. The Morgan fingerprint density at radius 3 is 2.44 bits per heavy atom. The number of carbonyl (C=O) groups is 3. The number of esters is 1. The van der Waals surface area contributed by atoms with Gasteiger partial charge in [0, 0.05) is 5.57 Å². The highest BCUT2D eigenvalue weighted by Crippen LogP contribution is 1.91. The SMILES string of the molecule is C=C(C)C(=O)OCCNC(=O)NC(CC)C(=O)O. The van der Waals surface area contributed by atoms with Crippen LogP contribution in [0.3, 0.4) is 0 Å². The highest BCUT2D eigenvalue weighted by Gasteiger charge is 2.16. The normalized spacial score (nSPS) is 11.2. The number of hydrogen-bond donors (Lipinski definition) is 3. The third kappa shape index (κ3) is 6.51. The average molecular weight is 258 g/mol. The van der Waals surface area contributed by atoms with E-state index < -0.39 is 24.0 Å². The molecular weight excluding hydrogens is 240 g/mol. The van der Waals surface area contributed by atoms with E-state index in [1.165, 1.54) is 6.92 Å². The van der Waals surface area contributed by atoms with Crippen molar-refractivity contribution in [3.8, 4) is 0 Å². The maximum Gasteiger partial charge on any atom is 0.333 e. The first-order valence-corrected chi connectivity index (χ1v) is 5.48. The standard InChI is InChI=1S/C11H18N2O5/c1-4-8(9(14)15)13-11(17)12-5-6-18-10(16)7(2)3/h8H,2,4-6H2,1,3H3,(H,14,15)(H2,12,13,17). The van der Waals surface area contributed by atoms with Crippen LogP contribution in [0.5, 0.6) is 0 Å². The molecule has 0 saturated carbocycles. The molecule has 7 nitrogen and oxygen atoms in total. The molecule has 0 radical (unpaired) electrons. The molecule has 1 unspecified atom stereocenters. The minimum atomic E-state index is -1.10. The summed E-state index contributed by atoms with van der Waals surface area (Å²) < 4.78 is 4.74. The molecule has 0 aliphatic heterocycles. The largest absolute Gasteiger partial charge is 0.480 e. The van der Waals surface area contributed by atoms with Crippen LogP contribution in [0.1, 0.15) is 20.3 Å². The number of carbonyl (C=O) groups excluding carboxylic acids is 2. The second kappa shape index (κ2) is 8.10. The summed E-state index contributed by atoms with van der Waals surface area (Å²) in [5.41, 5.74) is 0.274. The number of urea groups is 1. The van der Waals surface area contributed by atoms with E-state index in [0.29, 0.717) is 0 Å². The first-order chi connectivity index (χ1) is 8.38. The Kier molecular flexibility index (Phi) is 7.18. The molecule has 0 fully saturated rings. The van der Waals surface area contributed by atoms with Gasteiger partial charge in [0.15, 0.2) is 0 Å². The van der Waals surface area contributed by atoms with Crippen molar-refractivity contribution >= 4 is 18.0 Å². The highest BCUT2D eigenvalue weighted by atomic mass is 16.5. The monoisotopic (exact) mass is 258 g/mol. The number of hydrogen-bond acceptors (Lipinski definition) is 4. The van der Waals surface area contributed by atoms with Crippen LogP contribution in [0.2, 0.25) is 0 Å². The Morgan fingerprint density at radius 1 is 1.39 bits per heavy atom. The highest BCUT2D eigenvalue weighted by molar-refractivity contribution is 5.87. The van der Waals surface area contributed by atoms with Gasteiger partial charge in [-0.1, -0.05) is 13.5 Å². The van der Waals surface area contributed by atoms with Gasteiger partial charge >= 0.3 is 18.0 Å². The lowest BCUT2D eigenvalue weighted by molar-refractivity contribution is -0.139. The molecule has 0 aromatic heterocycles. The van der Waals surface area contributed by atoms with Gasteiger partial charge in [-0.05, 0) is 13.3 Å². The molecule has 0 bridgehead atoms. The van der Waals surface area contributed by atoms with Gasteiger partial charge < -0.3 is 20.5 Å². The van der Waals surface area contributed by atoms with E-state index >= 15 is 0 Å². The van der Waals surface area contributed by atoms with Crippen LogP contribution in [0.25, 0.3) is 0 Å². The van der Waals surface area contributed by atoms with Gasteiger partial charge in [-0.2, -0.15) is 0 Å². The van der Waals surface area contributed by atoms with Crippen molar-refractivity contribution in [3.63, 3.8) is 0 Å². The number of carboxylic acids is 1. The van der Waals surface area contributed by atoms with Crippen molar-refractivity contribution in [1.82, 2.24) is 10.6 Å². The zero-order valence-corrected chi connectivity index (χ0v) is 10.5. The van der Waals surface area contributed by atoms with Crippen LogP contribution in [0, 0.1) is 0 Å². The van der Waals surface area contributed by atoms with Gasteiger partial charge in [-0.15, -0.1) is 0 Å². The lowest BCUT2D eigenvalue weighted by atomic mass is 10.2. The van der Waals surface area contributed by atoms with Crippen LogP contribution < -0.4 is 10.6 Å². The number of nitrogens with one attached hydrogen (secondary N) is 2. The van der Waals surface area contributed by atoms with Crippen LogP contribution >= 0.6 is 0 Å². The van der Waals surface area contributed by atoms with Crippen LogP contribution in [0.15, 0.2) is 12.2 Å². The second-order valence-electron chi connectivity index (χ2n) is 3.62. The van der Waals surface area contributed by atoms with Crippen molar-refractivity contribution in [1.29, 1.82) is 0 Å². The van der Waals surface area contributed by atoms with E-state index in [9.17, 15) is 14.4 Å². The quantitative estimate of drug-likeness (QED) is 0.345. The molecule has 2 amide bonds. The van der Waals surface area contributed by atoms with E-state index in [-0.39, 0.29) is 25.1 Å². The molecule has 0 aromatic rings. The van der Waals surface area contributed by atoms with Crippen molar-refractivity contribution in [2.75, 3.05) is 13.2 Å². The summed E-state index contributed by atoms with van der Waals surface area (Å²) in [4.78, 5) is 32.9. The fourth-order valence-corrected chi connectivity index (χ4v) is 0.979. The molecule has 18 heavy (non-hydrogen) atoms. The second-order valence-corrected chi connectivity index (χ2v) is 3.62. The fraction of sp³-hybridized carbons (Fsp3) is 0.545. The molecule has 0 heterocycles. The van der Waals surface area contributed by atoms with Crippen molar-refractivity contribution in [3.05, 3.63) is 12.2 Å². The van der Waals surface area contributed by atoms with E-state index in [0.717, 1.165) is 0 Å². The van der Waals surface area contributed by atoms with Crippen molar-refractivity contribution in [2.45, 2.75) is 26.3 Å². The summed E-state index contributed by atoms with van der Waals surface area (Å²) in [5.74, 6) is -1.63. The Bertz CT molecular complexity index is 340. The third-order valence-corrected chi connectivity index (χ3v) is 1.98. The zero-order chi connectivity index (χ0) is 14.1. The first kappa shape index (κ1) is 16.0. The lowest BCUT2D eigenvalue weighted by Crippen LogP contribution is -2.46. The third-order valence-electron chi connectivity index (χ3n) is 1.98. The summed E-state index contributed by atoms with van der Waals surface area (Å²) in [6.07, 6.45) is 0.285. The average Bonchev–Trinajstić information content (AvgIpc) is 2.30. The number of carboxylic acid groups (broad SMARTS) is 1. The predicted octanol–water partition coefficient (Wildman–Crippen LogP) is 0.268. The van der Waals surface area contributed by atoms with Crippen LogP contribution in [-0.4, -0.2) is 42.3 Å². The van der Waals surface area contributed by atoms with Crippen LogP contribution in [0.4, 0.5) is 4.79 Å². The molecule has 0 spiro atoms. The van der Waals surface area contributed by atoms with E-state index in [4.69, 9.17) is 9.84 Å². The number of ether oxygens (including phenoxy) is 1. The number of rotatable bonds is 7. The molecule has 0 aliphatic carbocycles. The molecular formula is C11H18N2O5. The molecule has 7 heteroatoms. The van der Waals surface area contributed by atoms with Gasteiger partial charge in [-0.3, -0.25) is 0 Å². The fourth-order valence-electron chi connectivity index (χ4n) is 0.979. The topological polar surface area (TPSA) is 105 Å². The van der Waals surface area contributed by atoms with Crippen molar-refractivity contribution in [2.24, 2.45) is 0 Å². The van der Waals surface area contributed by atoms with E-state index in [1.807, 2.05) is 0 Å². The molecule has 3 N–H and O–H groups in total. The van der Waals surface area contributed by atoms with Crippen LogP contribution in [-0.2, 0) is 14.3 Å². The Labute approximate surface area is 105 Å². The minimum absolute atomic E-state index is 0.00295. The number of amides is 2. The molecule has 0 aromatic carbocycles. The summed E-state index contributed by atoms with van der Waals surface area (Å²) in [6.45, 7) is 6.66. The first-order valence-electron chi connectivity index (χ1n) is 5.48. The maximum absolute atomic E-state index is 11.3. The summed E-state index contributed by atoms with van der Waals surface area (Å²) in [5, 5.41) is 13.4. The molecule has 102 valence electrons. The maximum atomic E-state index is 11.3. The van der Waals surface area contributed by atoms with Gasteiger partial charge in [0.05, 0.1) is 6.54 Å². The Hall–Kier alpha value is -2.05. The Morgan fingerprint density at radius 2 is 2.00 bits per heavy atom. The molecule has 0 rings (SSSR count). The lowest BCUT2D eigenvalue weighted by Gasteiger charge is -2.13. The molecule has 0 saturated heterocycles. The summed E-state index contributed by atoms with van der Waals surface area (Å²) >= 11 is 0. The van der Waals surface area contributed by atoms with Gasteiger partial charge in [-0.25, -0.2) is 14.4 Å². The van der Waals surface area contributed by atoms with Gasteiger partial charge in [0.2, 0.25) is 0 Å². The molecule has 1 atom stereocenters.